The molecule has 1 N–H and O–H groups in total. The van der Waals surface area contributed by atoms with E-state index in [0.29, 0.717) is 0 Å². The van der Waals surface area contributed by atoms with Gasteiger partial charge in [0.15, 0.2) is 0 Å². The van der Waals surface area contributed by atoms with Crippen LogP contribution >= 0.6 is 0 Å². The summed E-state index contributed by atoms with van der Waals surface area (Å²) in [5, 5.41) is 10.2. The summed E-state index contributed by atoms with van der Waals surface area (Å²) in [5.41, 5.74) is 0.916. The topological polar surface area (TPSA) is 45.6 Å². The molecule has 4 heteroatoms. The summed E-state index contributed by atoms with van der Waals surface area (Å²) < 4.78 is 5.50. The van der Waals surface area contributed by atoms with E-state index in [4.69, 9.17) is 4.74 Å². The molecule has 0 bridgehead atoms. The number of hydrogen-bond donors (Lipinski definition) is 1. The zero-order valence-corrected chi connectivity index (χ0v) is 11.9. The van der Waals surface area contributed by atoms with Crippen LogP contribution in [0.5, 0.6) is 0 Å². The molecule has 2 atom stereocenters. The number of pyridine rings is 1. The van der Waals surface area contributed by atoms with Crippen LogP contribution in [0.1, 0.15) is 30.9 Å². The second kappa shape index (κ2) is 6.66. The molecule has 1 aromatic rings. The van der Waals surface area contributed by atoms with Gasteiger partial charge in [0.25, 0.3) is 0 Å². The molecular formula is C16H24N2O2. The van der Waals surface area contributed by atoms with Gasteiger partial charge < -0.3 is 14.7 Å². The molecule has 0 aromatic carbocycles. The van der Waals surface area contributed by atoms with E-state index in [0.717, 1.165) is 50.2 Å². The molecule has 0 amide bonds. The van der Waals surface area contributed by atoms with Gasteiger partial charge in [0.05, 0.1) is 6.10 Å². The minimum Gasteiger partial charge on any atom is -0.387 e. The van der Waals surface area contributed by atoms with E-state index < -0.39 is 6.10 Å². The summed E-state index contributed by atoms with van der Waals surface area (Å²) in [5.74, 6) is 1.60. The van der Waals surface area contributed by atoms with E-state index in [1.807, 2.05) is 12.1 Å². The first-order valence-corrected chi connectivity index (χ1v) is 7.71. The zero-order chi connectivity index (χ0) is 13.8. The van der Waals surface area contributed by atoms with Crippen molar-refractivity contribution in [1.82, 2.24) is 9.88 Å². The van der Waals surface area contributed by atoms with Crippen molar-refractivity contribution in [3.8, 4) is 0 Å². The molecule has 2 fully saturated rings. The van der Waals surface area contributed by atoms with Crippen molar-refractivity contribution in [3.05, 3.63) is 30.1 Å². The van der Waals surface area contributed by atoms with Crippen LogP contribution in [-0.2, 0) is 4.74 Å². The monoisotopic (exact) mass is 276 g/mol. The summed E-state index contributed by atoms with van der Waals surface area (Å²) in [6, 6.07) is 3.82. The minimum absolute atomic E-state index is 0.421. The van der Waals surface area contributed by atoms with Crippen molar-refractivity contribution >= 4 is 0 Å². The SMILES string of the molecule is OC(CN1CCC(C2CCOC2)CC1)c1cccnc1. The molecule has 4 nitrogen and oxygen atoms in total. The van der Waals surface area contributed by atoms with Gasteiger partial charge in [-0.3, -0.25) is 4.98 Å². The van der Waals surface area contributed by atoms with E-state index in [1.165, 1.54) is 19.3 Å². The number of aliphatic hydroxyl groups is 1. The third-order valence-corrected chi connectivity index (χ3v) is 4.76. The van der Waals surface area contributed by atoms with E-state index in [2.05, 4.69) is 9.88 Å². The first-order valence-electron chi connectivity index (χ1n) is 7.71. The van der Waals surface area contributed by atoms with Gasteiger partial charge in [-0.1, -0.05) is 6.07 Å². The molecule has 2 aliphatic heterocycles. The Balaban J connectivity index is 1.46. The summed E-state index contributed by atoms with van der Waals surface area (Å²) >= 11 is 0. The highest BCUT2D eigenvalue weighted by atomic mass is 16.5. The maximum atomic E-state index is 10.2. The average molecular weight is 276 g/mol. The predicted molar refractivity (Wildman–Crippen MR) is 77.3 cm³/mol. The fourth-order valence-corrected chi connectivity index (χ4v) is 3.45. The molecule has 1 aromatic heterocycles. The van der Waals surface area contributed by atoms with Crippen molar-refractivity contribution in [2.75, 3.05) is 32.8 Å². The summed E-state index contributed by atoms with van der Waals surface area (Å²) in [6.07, 6.45) is 6.80. The van der Waals surface area contributed by atoms with Crippen LogP contribution in [0.25, 0.3) is 0 Å². The molecule has 20 heavy (non-hydrogen) atoms. The number of β-amino-alcohol motifs (C(OH)–C–C–N with tert-alkyl or cyclic N) is 1. The second-order valence-electron chi connectivity index (χ2n) is 6.06. The van der Waals surface area contributed by atoms with Gasteiger partial charge >= 0.3 is 0 Å². The van der Waals surface area contributed by atoms with Gasteiger partial charge in [0.2, 0.25) is 0 Å². The molecule has 2 saturated heterocycles. The Morgan fingerprint density at radius 3 is 2.80 bits per heavy atom. The lowest BCUT2D eigenvalue weighted by molar-refractivity contribution is 0.0749. The number of piperidine rings is 1. The molecule has 2 unspecified atom stereocenters. The van der Waals surface area contributed by atoms with Gasteiger partial charge in [-0.2, -0.15) is 0 Å². The zero-order valence-electron chi connectivity index (χ0n) is 11.9. The van der Waals surface area contributed by atoms with E-state index >= 15 is 0 Å². The fraction of sp³-hybridized carbons (Fsp3) is 0.688. The standard InChI is InChI=1S/C16H24N2O2/c19-16(14-2-1-6-17-10-14)11-18-7-3-13(4-8-18)15-5-9-20-12-15/h1-2,6,10,13,15-16,19H,3-5,7-9,11-12H2. The molecule has 110 valence electrons. The van der Waals surface area contributed by atoms with E-state index in [-0.39, 0.29) is 0 Å². The van der Waals surface area contributed by atoms with Crippen LogP contribution in [-0.4, -0.2) is 47.8 Å². The molecule has 3 heterocycles. The first kappa shape index (κ1) is 14.0. The quantitative estimate of drug-likeness (QED) is 0.912. The van der Waals surface area contributed by atoms with Crippen molar-refractivity contribution in [3.63, 3.8) is 0 Å². The number of rotatable bonds is 4. The van der Waals surface area contributed by atoms with E-state index in [9.17, 15) is 5.11 Å². The fourth-order valence-electron chi connectivity index (χ4n) is 3.45. The Kier molecular flexibility index (Phi) is 4.65. The molecule has 0 aliphatic carbocycles. The van der Waals surface area contributed by atoms with Gasteiger partial charge in [0.1, 0.15) is 0 Å². The summed E-state index contributed by atoms with van der Waals surface area (Å²) in [6.45, 7) is 4.82. The molecule has 0 radical (unpaired) electrons. The van der Waals surface area contributed by atoms with Crippen molar-refractivity contribution in [1.29, 1.82) is 0 Å². The third kappa shape index (κ3) is 3.37. The molecular weight excluding hydrogens is 252 g/mol. The summed E-state index contributed by atoms with van der Waals surface area (Å²) in [4.78, 5) is 6.45. The Morgan fingerprint density at radius 2 is 2.15 bits per heavy atom. The number of ether oxygens (including phenoxy) is 1. The third-order valence-electron chi connectivity index (χ3n) is 4.76. The van der Waals surface area contributed by atoms with Crippen LogP contribution in [0.2, 0.25) is 0 Å². The largest absolute Gasteiger partial charge is 0.387 e. The Morgan fingerprint density at radius 1 is 1.30 bits per heavy atom. The van der Waals surface area contributed by atoms with E-state index in [1.54, 1.807) is 12.4 Å². The first-order chi connectivity index (χ1) is 9.83. The van der Waals surface area contributed by atoms with Crippen LogP contribution < -0.4 is 0 Å². The maximum Gasteiger partial charge on any atom is 0.0931 e. The van der Waals surface area contributed by atoms with Crippen LogP contribution in [0.4, 0.5) is 0 Å². The van der Waals surface area contributed by atoms with Crippen molar-refractivity contribution in [2.45, 2.75) is 25.4 Å². The van der Waals surface area contributed by atoms with Crippen LogP contribution in [0, 0.1) is 11.8 Å². The normalized spacial score (nSPS) is 26.8. The Bertz CT molecular complexity index is 398. The maximum absolute atomic E-state index is 10.2. The van der Waals surface area contributed by atoms with Gasteiger partial charge in [-0.15, -0.1) is 0 Å². The van der Waals surface area contributed by atoms with Gasteiger partial charge in [-0.05, 0) is 50.3 Å². The number of nitrogens with zero attached hydrogens (tertiary/aromatic N) is 2. The van der Waals surface area contributed by atoms with Crippen molar-refractivity contribution in [2.24, 2.45) is 11.8 Å². The molecule has 3 rings (SSSR count). The number of likely N-dealkylation sites (tertiary alicyclic amines) is 1. The number of aromatic nitrogens is 1. The Labute approximate surface area is 120 Å². The Hall–Kier alpha value is -0.970. The van der Waals surface area contributed by atoms with Gasteiger partial charge in [-0.25, -0.2) is 0 Å². The predicted octanol–water partition coefficient (Wildman–Crippen LogP) is 1.86. The minimum atomic E-state index is -0.421. The van der Waals surface area contributed by atoms with Crippen molar-refractivity contribution < 1.29 is 9.84 Å². The lowest BCUT2D eigenvalue weighted by Gasteiger charge is -2.35. The highest BCUT2D eigenvalue weighted by Gasteiger charge is 2.29. The van der Waals surface area contributed by atoms with Crippen LogP contribution in [0.15, 0.2) is 24.5 Å². The summed E-state index contributed by atoms with van der Waals surface area (Å²) in [7, 11) is 0. The van der Waals surface area contributed by atoms with Gasteiger partial charge in [0, 0.05) is 37.7 Å². The van der Waals surface area contributed by atoms with Crippen LogP contribution in [0.3, 0.4) is 0 Å². The molecule has 0 saturated carbocycles. The lowest BCUT2D eigenvalue weighted by Crippen LogP contribution is -2.38. The number of hydrogen-bond acceptors (Lipinski definition) is 4. The second-order valence-corrected chi connectivity index (χ2v) is 6.06. The average Bonchev–Trinajstić information content (AvgIpc) is 3.03. The smallest absolute Gasteiger partial charge is 0.0931 e. The molecule has 2 aliphatic rings. The number of aliphatic hydroxyl groups excluding tert-OH is 1. The lowest BCUT2D eigenvalue weighted by atomic mass is 9.84. The highest BCUT2D eigenvalue weighted by Crippen LogP contribution is 2.31. The highest BCUT2D eigenvalue weighted by molar-refractivity contribution is 5.12. The molecule has 0 spiro atoms.